The van der Waals surface area contributed by atoms with Crippen molar-refractivity contribution < 1.29 is 4.74 Å². The molecule has 6 heteroatoms. The van der Waals surface area contributed by atoms with Crippen LogP contribution in [0.25, 0.3) is 11.1 Å². The topological polar surface area (TPSA) is 72.8 Å². The molecule has 0 aromatic carbocycles. The van der Waals surface area contributed by atoms with Gasteiger partial charge in [0, 0.05) is 35.4 Å². The Morgan fingerprint density at radius 3 is 2.86 bits per heavy atom. The van der Waals surface area contributed by atoms with Gasteiger partial charge in [0.05, 0.1) is 20.0 Å². The van der Waals surface area contributed by atoms with E-state index in [2.05, 4.69) is 15.0 Å². The first-order chi connectivity index (χ1) is 10.7. The van der Waals surface area contributed by atoms with Crippen LogP contribution in [0.2, 0.25) is 0 Å². The molecule has 112 valence electrons. The van der Waals surface area contributed by atoms with Crippen molar-refractivity contribution >= 4 is 0 Å². The maximum absolute atomic E-state index is 12.3. The van der Waals surface area contributed by atoms with Crippen LogP contribution in [0.5, 0.6) is 5.88 Å². The fourth-order valence-electron chi connectivity index (χ4n) is 2.26. The van der Waals surface area contributed by atoms with Crippen molar-refractivity contribution in [2.45, 2.75) is 13.5 Å². The Morgan fingerprint density at radius 1 is 1.32 bits per heavy atom. The minimum absolute atomic E-state index is 0.136. The predicted octanol–water partition coefficient (Wildman–Crippen LogP) is 2.00. The predicted molar refractivity (Wildman–Crippen MR) is 82.9 cm³/mol. The first kappa shape index (κ1) is 14.1. The Balaban J connectivity index is 1.92. The molecule has 3 heterocycles. The van der Waals surface area contributed by atoms with E-state index in [1.807, 2.05) is 23.6 Å². The molecule has 0 amide bonds. The highest BCUT2D eigenvalue weighted by atomic mass is 16.5. The second-order valence-electron chi connectivity index (χ2n) is 4.98. The highest BCUT2D eigenvalue weighted by molar-refractivity contribution is 5.63. The monoisotopic (exact) mass is 296 g/mol. The van der Waals surface area contributed by atoms with Gasteiger partial charge in [0.1, 0.15) is 0 Å². The number of imidazole rings is 1. The van der Waals surface area contributed by atoms with E-state index in [1.165, 1.54) is 0 Å². The smallest absolute Gasteiger partial charge is 0.256 e. The fraction of sp³-hybridized carbons (Fsp3) is 0.188. The molecule has 0 saturated heterocycles. The van der Waals surface area contributed by atoms with Gasteiger partial charge in [-0.25, -0.2) is 9.97 Å². The van der Waals surface area contributed by atoms with Crippen molar-refractivity contribution in [3.8, 4) is 17.0 Å². The Bertz CT molecular complexity index is 851. The van der Waals surface area contributed by atoms with Gasteiger partial charge in [-0.15, -0.1) is 0 Å². The molecule has 3 aromatic rings. The average Bonchev–Trinajstić information content (AvgIpc) is 2.92. The van der Waals surface area contributed by atoms with E-state index in [0.717, 1.165) is 17.0 Å². The fourth-order valence-corrected chi connectivity index (χ4v) is 2.26. The van der Waals surface area contributed by atoms with E-state index in [9.17, 15) is 4.79 Å². The first-order valence-corrected chi connectivity index (χ1v) is 6.87. The van der Waals surface area contributed by atoms with Crippen LogP contribution in [0, 0.1) is 6.92 Å². The molecule has 0 aliphatic carbocycles. The lowest BCUT2D eigenvalue weighted by atomic mass is 10.1. The van der Waals surface area contributed by atoms with E-state index in [1.54, 1.807) is 38.0 Å². The number of aromatic amines is 1. The van der Waals surface area contributed by atoms with Gasteiger partial charge in [-0.1, -0.05) is 0 Å². The molecule has 6 nitrogen and oxygen atoms in total. The molecule has 0 radical (unpaired) electrons. The molecule has 0 aliphatic rings. The molecular weight excluding hydrogens is 280 g/mol. The first-order valence-electron chi connectivity index (χ1n) is 6.87. The van der Waals surface area contributed by atoms with Gasteiger partial charge in [-0.2, -0.15) is 0 Å². The number of rotatable bonds is 4. The van der Waals surface area contributed by atoms with Gasteiger partial charge in [0.2, 0.25) is 5.88 Å². The minimum Gasteiger partial charge on any atom is -0.481 e. The summed E-state index contributed by atoms with van der Waals surface area (Å²) >= 11 is 0. The molecule has 0 fully saturated rings. The summed E-state index contributed by atoms with van der Waals surface area (Å²) in [5, 5.41) is 0. The van der Waals surface area contributed by atoms with Crippen LogP contribution < -0.4 is 10.3 Å². The summed E-state index contributed by atoms with van der Waals surface area (Å²) in [6, 6.07) is 7.25. The van der Waals surface area contributed by atoms with Crippen molar-refractivity contribution in [2.24, 2.45) is 0 Å². The number of hydrogen-bond acceptors (Lipinski definition) is 4. The van der Waals surface area contributed by atoms with Crippen molar-refractivity contribution in [3.63, 3.8) is 0 Å². The number of ether oxygens (including phenoxy) is 1. The summed E-state index contributed by atoms with van der Waals surface area (Å²) < 4.78 is 7.06. The second-order valence-corrected chi connectivity index (χ2v) is 4.98. The Hall–Kier alpha value is -2.89. The lowest BCUT2D eigenvalue weighted by Crippen LogP contribution is -2.13. The second kappa shape index (κ2) is 5.85. The Labute approximate surface area is 127 Å². The summed E-state index contributed by atoms with van der Waals surface area (Å²) in [6.45, 7) is 2.56. The lowest BCUT2D eigenvalue weighted by Gasteiger charge is -2.07. The normalized spacial score (nSPS) is 10.6. The van der Waals surface area contributed by atoms with Crippen molar-refractivity contribution in [3.05, 3.63) is 64.7 Å². The Kier molecular flexibility index (Phi) is 3.74. The highest BCUT2D eigenvalue weighted by Crippen LogP contribution is 2.18. The zero-order valence-corrected chi connectivity index (χ0v) is 12.4. The standard InChI is InChI=1S/C16H16N4O2/c1-11-8-17-10-20(11)9-13-3-4-14(16(21)19-13)12-5-6-18-15(7-12)22-2/h3-8,10H,9H2,1-2H3,(H,19,21). The Morgan fingerprint density at radius 2 is 2.18 bits per heavy atom. The van der Waals surface area contributed by atoms with Crippen LogP contribution in [0.15, 0.2) is 47.8 Å². The zero-order chi connectivity index (χ0) is 15.5. The highest BCUT2D eigenvalue weighted by Gasteiger charge is 2.07. The van der Waals surface area contributed by atoms with Gasteiger partial charge < -0.3 is 14.3 Å². The van der Waals surface area contributed by atoms with Crippen molar-refractivity contribution in [1.29, 1.82) is 0 Å². The summed E-state index contributed by atoms with van der Waals surface area (Å²) in [5.41, 5.74) is 3.11. The van der Waals surface area contributed by atoms with Crippen molar-refractivity contribution in [2.75, 3.05) is 7.11 Å². The van der Waals surface area contributed by atoms with E-state index >= 15 is 0 Å². The van der Waals surface area contributed by atoms with Gasteiger partial charge in [-0.3, -0.25) is 4.79 Å². The quantitative estimate of drug-likeness (QED) is 0.799. The van der Waals surface area contributed by atoms with E-state index in [-0.39, 0.29) is 5.56 Å². The molecule has 0 atom stereocenters. The number of H-pyrrole nitrogens is 1. The molecular formula is C16H16N4O2. The van der Waals surface area contributed by atoms with Crippen LogP contribution in [0.4, 0.5) is 0 Å². The third-order valence-electron chi connectivity index (χ3n) is 3.49. The number of nitrogens with zero attached hydrogens (tertiary/aromatic N) is 3. The van der Waals surface area contributed by atoms with Crippen LogP contribution >= 0.6 is 0 Å². The van der Waals surface area contributed by atoms with Crippen LogP contribution in [0.3, 0.4) is 0 Å². The largest absolute Gasteiger partial charge is 0.481 e. The van der Waals surface area contributed by atoms with Crippen LogP contribution in [-0.2, 0) is 6.54 Å². The number of aromatic nitrogens is 4. The van der Waals surface area contributed by atoms with Gasteiger partial charge in [0.15, 0.2) is 0 Å². The zero-order valence-electron chi connectivity index (χ0n) is 12.4. The number of nitrogens with one attached hydrogen (secondary N) is 1. The summed E-state index contributed by atoms with van der Waals surface area (Å²) in [7, 11) is 1.55. The molecule has 3 aromatic heterocycles. The lowest BCUT2D eigenvalue weighted by molar-refractivity contribution is 0.398. The SMILES string of the molecule is COc1cc(-c2ccc(Cn3cncc3C)[nH]c2=O)ccn1. The van der Waals surface area contributed by atoms with Crippen molar-refractivity contribution in [1.82, 2.24) is 19.5 Å². The molecule has 22 heavy (non-hydrogen) atoms. The summed E-state index contributed by atoms with van der Waals surface area (Å²) in [5.74, 6) is 0.481. The number of pyridine rings is 2. The van der Waals surface area contributed by atoms with E-state index in [0.29, 0.717) is 18.0 Å². The maximum Gasteiger partial charge on any atom is 0.256 e. The number of methoxy groups -OCH3 is 1. The van der Waals surface area contributed by atoms with Crippen LogP contribution in [0.1, 0.15) is 11.4 Å². The molecule has 3 rings (SSSR count). The van der Waals surface area contributed by atoms with Crippen LogP contribution in [-0.4, -0.2) is 26.6 Å². The average molecular weight is 296 g/mol. The number of aryl methyl sites for hydroxylation is 1. The third kappa shape index (κ3) is 2.76. The summed E-state index contributed by atoms with van der Waals surface area (Å²) in [6.07, 6.45) is 5.15. The molecule has 1 N–H and O–H groups in total. The molecule has 0 unspecified atom stereocenters. The molecule has 0 aliphatic heterocycles. The van der Waals surface area contributed by atoms with Gasteiger partial charge in [0.25, 0.3) is 5.56 Å². The number of hydrogen-bond donors (Lipinski definition) is 1. The molecule has 0 bridgehead atoms. The molecule has 0 spiro atoms. The van der Waals surface area contributed by atoms with Gasteiger partial charge in [-0.05, 0) is 30.7 Å². The van der Waals surface area contributed by atoms with E-state index < -0.39 is 0 Å². The minimum atomic E-state index is -0.136. The summed E-state index contributed by atoms with van der Waals surface area (Å²) in [4.78, 5) is 23.3. The molecule has 0 saturated carbocycles. The van der Waals surface area contributed by atoms with Gasteiger partial charge >= 0.3 is 0 Å². The van der Waals surface area contributed by atoms with E-state index in [4.69, 9.17) is 4.74 Å². The maximum atomic E-state index is 12.3. The third-order valence-corrected chi connectivity index (χ3v) is 3.49.